The number of aromatic nitrogens is 2. The summed E-state index contributed by atoms with van der Waals surface area (Å²) >= 11 is 0. The minimum Gasteiger partial charge on any atom is -0.381 e. The summed E-state index contributed by atoms with van der Waals surface area (Å²) in [6.45, 7) is 2.24. The van der Waals surface area contributed by atoms with E-state index < -0.39 is 0 Å². The van der Waals surface area contributed by atoms with Gasteiger partial charge in [0.2, 0.25) is 5.89 Å². The zero-order valence-corrected chi connectivity index (χ0v) is 15.5. The Labute approximate surface area is 154 Å². The number of ether oxygens (including phenoxy) is 1. The standard InChI is InChI=1S/C19H30N4O3/c24-19(20-15-5-2-1-3-6-15)23-11-4-7-16(23)18-21-17(22-26-18)10-12-25-13-14-8-9-14/h14-16H,1-13H2,(H,20,24). The van der Waals surface area contributed by atoms with Crippen LogP contribution < -0.4 is 5.32 Å². The quantitative estimate of drug-likeness (QED) is 0.753. The Morgan fingerprint density at radius 3 is 2.81 bits per heavy atom. The van der Waals surface area contributed by atoms with E-state index in [1.165, 1.54) is 32.1 Å². The van der Waals surface area contributed by atoms with Gasteiger partial charge in [-0.2, -0.15) is 4.98 Å². The van der Waals surface area contributed by atoms with Crippen LogP contribution in [0, 0.1) is 5.92 Å². The van der Waals surface area contributed by atoms with Gasteiger partial charge in [-0.3, -0.25) is 0 Å². The molecule has 1 aliphatic heterocycles. The second-order valence-corrected chi connectivity index (χ2v) is 7.95. The first-order valence-electron chi connectivity index (χ1n) is 10.3. The van der Waals surface area contributed by atoms with Gasteiger partial charge in [0.05, 0.1) is 6.61 Å². The van der Waals surface area contributed by atoms with Crippen LogP contribution in [-0.2, 0) is 11.2 Å². The molecule has 3 fully saturated rings. The van der Waals surface area contributed by atoms with E-state index in [0.717, 1.165) is 44.8 Å². The molecule has 2 amide bonds. The first kappa shape index (κ1) is 17.8. The topological polar surface area (TPSA) is 80.5 Å². The first-order chi connectivity index (χ1) is 12.8. The molecule has 4 rings (SSSR count). The van der Waals surface area contributed by atoms with Gasteiger partial charge in [0.1, 0.15) is 6.04 Å². The van der Waals surface area contributed by atoms with E-state index in [2.05, 4.69) is 15.5 Å². The summed E-state index contributed by atoms with van der Waals surface area (Å²) in [5.74, 6) is 2.01. The minimum absolute atomic E-state index is 0.0203. The normalized spacial score (nSPS) is 24.2. The number of rotatable bonds is 7. The lowest BCUT2D eigenvalue weighted by atomic mass is 9.96. The lowest BCUT2D eigenvalue weighted by Gasteiger charge is -2.28. The van der Waals surface area contributed by atoms with Gasteiger partial charge in [0.15, 0.2) is 5.82 Å². The predicted molar refractivity (Wildman–Crippen MR) is 95.6 cm³/mol. The van der Waals surface area contributed by atoms with Crippen LogP contribution in [0.15, 0.2) is 4.52 Å². The molecule has 1 unspecified atom stereocenters. The summed E-state index contributed by atoms with van der Waals surface area (Å²) in [5.41, 5.74) is 0. The Hall–Kier alpha value is -1.63. The van der Waals surface area contributed by atoms with Crippen LogP contribution in [-0.4, -0.2) is 46.9 Å². The molecule has 0 spiro atoms. The smallest absolute Gasteiger partial charge is 0.318 e. The van der Waals surface area contributed by atoms with Crippen molar-refractivity contribution in [1.82, 2.24) is 20.4 Å². The van der Waals surface area contributed by atoms with Crippen molar-refractivity contribution in [2.45, 2.75) is 76.3 Å². The molecule has 144 valence electrons. The Morgan fingerprint density at radius 1 is 1.15 bits per heavy atom. The van der Waals surface area contributed by atoms with Gasteiger partial charge in [-0.05, 0) is 44.4 Å². The molecule has 1 saturated heterocycles. The Bertz CT molecular complexity index is 595. The lowest BCUT2D eigenvalue weighted by molar-refractivity contribution is 0.125. The SMILES string of the molecule is O=C(NC1CCCCC1)N1CCCC1c1nc(CCOCC2CC2)no1. The number of carbonyl (C=O) groups is 1. The highest BCUT2D eigenvalue weighted by atomic mass is 16.5. The molecule has 26 heavy (non-hydrogen) atoms. The molecule has 0 bridgehead atoms. The maximum Gasteiger partial charge on any atom is 0.318 e. The van der Waals surface area contributed by atoms with Crippen molar-refractivity contribution in [2.24, 2.45) is 5.92 Å². The van der Waals surface area contributed by atoms with E-state index in [1.807, 2.05) is 4.90 Å². The summed E-state index contributed by atoms with van der Waals surface area (Å²) in [5, 5.41) is 7.28. The predicted octanol–water partition coefficient (Wildman–Crippen LogP) is 3.22. The zero-order chi connectivity index (χ0) is 17.8. The van der Waals surface area contributed by atoms with E-state index >= 15 is 0 Å². The van der Waals surface area contributed by atoms with Gasteiger partial charge in [0.25, 0.3) is 0 Å². The molecule has 1 N–H and O–H groups in total. The van der Waals surface area contributed by atoms with Crippen molar-refractivity contribution < 1.29 is 14.1 Å². The summed E-state index contributed by atoms with van der Waals surface area (Å²) in [4.78, 5) is 19.1. The number of hydrogen-bond acceptors (Lipinski definition) is 5. The maximum atomic E-state index is 12.7. The first-order valence-corrected chi connectivity index (χ1v) is 10.3. The van der Waals surface area contributed by atoms with Crippen LogP contribution in [0.1, 0.15) is 75.5 Å². The van der Waals surface area contributed by atoms with Crippen LogP contribution in [0.4, 0.5) is 4.79 Å². The summed E-state index contributed by atoms with van der Waals surface area (Å²) in [6, 6.07) is 0.249. The highest BCUT2D eigenvalue weighted by Gasteiger charge is 2.35. The van der Waals surface area contributed by atoms with E-state index in [-0.39, 0.29) is 12.1 Å². The van der Waals surface area contributed by atoms with Crippen molar-refractivity contribution >= 4 is 6.03 Å². The van der Waals surface area contributed by atoms with Gasteiger partial charge in [-0.1, -0.05) is 24.4 Å². The monoisotopic (exact) mass is 362 g/mol. The Balaban J connectivity index is 1.28. The molecule has 3 aliphatic rings. The molecular weight excluding hydrogens is 332 g/mol. The third kappa shape index (κ3) is 4.55. The average Bonchev–Trinajstić information content (AvgIpc) is 3.16. The Morgan fingerprint density at radius 2 is 2.00 bits per heavy atom. The van der Waals surface area contributed by atoms with Crippen LogP contribution in [0.3, 0.4) is 0 Å². The fraction of sp³-hybridized carbons (Fsp3) is 0.842. The third-order valence-corrected chi connectivity index (χ3v) is 5.74. The van der Waals surface area contributed by atoms with Crippen molar-refractivity contribution in [1.29, 1.82) is 0 Å². The van der Waals surface area contributed by atoms with Gasteiger partial charge in [-0.25, -0.2) is 4.79 Å². The summed E-state index contributed by atoms with van der Waals surface area (Å²) in [6.07, 6.45) is 11.0. The number of likely N-dealkylation sites (tertiary alicyclic amines) is 1. The van der Waals surface area contributed by atoms with Crippen LogP contribution in [0.25, 0.3) is 0 Å². The van der Waals surface area contributed by atoms with Gasteiger partial charge >= 0.3 is 6.03 Å². The molecule has 1 atom stereocenters. The van der Waals surface area contributed by atoms with Gasteiger partial charge in [0, 0.05) is 25.6 Å². The number of amides is 2. The number of hydrogen-bond donors (Lipinski definition) is 1. The van der Waals surface area contributed by atoms with Crippen molar-refractivity contribution in [3.05, 3.63) is 11.7 Å². The number of carbonyl (C=O) groups excluding carboxylic acids is 1. The van der Waals surface area contributed by atoms with Crippen LogP contribution in [0.2, 0.25) is 0 Å². The minimum atomic E-state index is -0.0905. The molecule has 2 aliphatic carbocycles. The molecule has 7 nitrogen and oxygen atoms in total. The largest absolute Gasteiger partial charge is 0.381 e. The fourth-order valence-electron chi connectivity index (χ4n) is 3.97. The number of nitrogens with zero attached hydrogens (tertiary/aromatic N) is 3. The molecule has 2 heterocycles. The molecule has 1 aromatic heterocycles. The van der Waals surface area contributed by atoms with Crippen molar-refractivity contribution in [3.8, 4) is 0 Å². The van der Waals surface area contributed by atoms with Crippen molar-refractivity contribution in [3.63, 3.8) is 0 Å². The second kappa shape index (κ2) is 8.37. The Kier molecular flexibility index (Phi) is 5.72. The van der Waals surface area contributed by atoms with Crippen LogP contribution >= 0.6 is 0 Å². The maximum absolute atomic E-state index is 12.7. The van der Waals surface area contributed by atoms with E-state index in [0.29, 0.717) is 30.8 Å². The highest BCUT2D eigenvalue weighted by Crippen LogP contribution is 2.31. The van der Waals surface area contributed by atoms with Gasteiger partial charge < -0.3 is 19.5 Å². The molecule has 0 radical (unpaired) electrons. The average molecular weight is 362 g/mol. The number of urea groups is 1. The van der Waals surface area contributed by atoms with E-state index in [1.54, 1.807) is 0 Å². The molecule has 2 saturated carbocycles. The molecule has 0 aromatic carbocycles. The van der Waals surface area contributed by atoms with Gasteiger partial charge in [-0.15, -0.1) is 0 Å². The molecule has 7 heteroatoms. The van der Waals surface area contributed by atoms with E-state index in [4.69, 9.17) is 9.26 Å². The van der Waals surface area contributed by atoms with E-state index in [9.17, 15) is 4.79 Å². The third-order valence-electron chi connectivity index (χ3n) is 5.74. The summed E-state index contributed by atoms with van der Waals surface area (Å²) < 4.78 is 11.1. The van der Waals surface area contributed by atoms with Crippen LogP contribution in [0.5, 0.6) is 0 Å². The van der Waals surface area contributed by atoms with Crippen molar-refractivity contribution in [2.75, 3.05) is 19.8 Å². The zero-order valence-electron chi connectivity index (χ0n) is 15.5. The second-order valence-electron chi connectivity index (χ2n) is 7.95. The summed E-state index contributed by atoms with van der Waals surface area (Å²) in [7, 11) is 0. The molecule has 1 aromatic rings. The lowest BCUT2D eigenvalue weighted by Crippen LogP contribution is -2.45. The fourth-order valence-corrected chi connectivity index (χ4v) is 3.97. The number of nitrogens with one attached hydrogen (secondary N) is 1. The highest BCUT2D eigenvalue weighted by molar-refractivity contribution is 5.75. The molecular formula is C19H30N4O3.